The van der Waals surface area contributed by atoms with E-state index in [9.17, 15) is 26.4 Å². The fourth-order valence-corrected chi connectivity index (χ4v) is 3.60. The van der Waals surface area contributed by atoms with Crippen molar-refractivity contribution in [2.75, 3.05) is 12.8 Å². The molecule has 5 nitrogen and oxygen atoms in total. The molecular weight excluding hydrogens is 381 g/mol. The molecule has 1 heterocycles. The van der Waals surface area contributed by atoms with E-state index in [1.807, 2.05) is 0 Å². The van der Waals surface area contributed by atoms with Crippen molar-refractivity contribution >= 4 is 15.9 Å². The molecule has 2 amide bonds. The van der Waals surface area contributed by atoms with E-state index < -0.39 is 40.0 Å². The highest BCUT2D eigenvalue weighted by Crippen LogP contribution is 2.42. The third-order valence-corrected chi connectivity index (χ3v) is 5.13. The van der Waals surface area contributed by atoms with Crippen LogP contribution in [0.5, 0.6) is 0 Å². The average Bonchev–Trinajstić information content (AvgIpc) is 2.59. The summed E-state index contributed by atoms with van der Waals surface area (Å²) < 4.78 is 61.9. The van der Waals surface area contributed by atoms with Gasteiger partial charge in [0.25, 0.3) is 0 Å². The number of carbonyl (C=O) groups excluding carboxylic acids is 1. The molecule has 2 rings (SSSR count). The predicted molar refractivity (Wildman–Crippen MR) is 96.6 cm³/mol. The average molecular weight is 404 g/mol. The minimum atomic E-state index is -4.30. The summed E-state index contributed by atoms with van der Waals surface area (Å²) >= 11 is 0. The van der Waals surface area contributed by atoms with Crippen LogP contribution in [0.4, 0.5) is 18.0 Å². The lowest BCUT2D eigenvalue weighted by molar-refractivity contribution is -0.188. The van der Waals surface area contributed by atoms with Gasteiger partial charge in [-0.25, -0.2) is 13.2 Å². The van der Waals surface area contributed by atoms with Gasteiger partial charge in [-0.2, -0.15) is 13.2 Å². The van der Waals surface area contributed by atoms with Crippen LogP contribution in [0.2, 0.25) is 0 Å². The second-order valence-electron chi connectivity index (χ2n) is 6.78. The minimum Gasteiger partial charge on any atom is -0.332 e. The van der Waals surface area contributed by atoms with E-state index >= 15 is 0 Å². The number of nitrogens with zero attached hydrogens (tertiary/aromatic N) is 1. The third kappa shape index (κ3) is 6.27. The Morgan fingerprint density at radius 3 is 2.48 bits per heavy atom. The van der Waals surface area contributed by atoms with Crippen LogP contribution in [-0.2, 0) is 9.84 Å². The maximum absolute atomic E-state index is 13.2. The van der Waals surface area contributed by atoms with Gasteiger partial charge in [-0.05, 0) is 25.3 Å². The first-order valence-electron chi connectivity index (χ1n) is 8.54. The van der Waals surface area contributed by atoms with Gasteiger partial charge >= 0.3 is 12.2 Å². The first kappa shape index (κ1) is 21.3. The Labute approximate surface area is 157 Å². The largest absolute Gasteiger partial charge is 0.391 e. The number of halogens is 3. The zero-order valence-corrected chi connectivity index (χ0v) is 15.9. The van der Waals surface area contributed by atoms with Crippen molar-refractivity contribution < 1.29 is 26.4 Å². The smallest absolute Gasteiger partial charge is 0.332 e. The van der Waals surface area contributed by atoms with Crippen LogP contribution in [0, 0.1) is 5.92 Å². The number of hydrogen-bond donors (Lipinski definition) is 1. The third-order valence-electron chi connectivity index (χ3n) is 4.48. The number of piperidine rings is 1. The Hall–Kier alpha value is -2.03. The number of alkyl halides is 3. The second-order valence-corrected chi connectivity index (χ2v) is 8.71. The molecule has 9 heteroatoms. The molecule has 1 N–H and O–H groups in total. The molecule has 1 fully saturated rings. The fourth-order valence-electron chi connectivity index (χ4n) is 3.08. The molecule has 3 atom stereocenters. The van der Waals surface area contributed by atoms with E-state index in [2.05, 4.69) is 5.32 Å². The number of nitrogens with one attached hydrogen (secondary N) is 1. The van der Waals surface area contributed by atoms with E-state index in [4.69, 9.17) is 0 Å². The van der Waals surface area contributed by atoms with E-state index in [0.29, 0.717) is 5.56 Å². The number of urea groups is 1. The molecule has 0 aromatic heterocycles. The maximum atomic E-state index is 13.2. The molecule has 1 aromatic rings. The summed E-state index contributed by atoms with van der Waals surface area (Å²) in [7, 11) is -3.33. The van der Waals surface area contributed by atoms with Gasteiger partial charge in [0.2, 0.25) is 0 Å². The molecule has 0 spiro atoms. The van der Waals surface area contributed by atoms with Crippen LogP contribution in [-0.4, -0.2) is 44.4 Å². The van der Waals surface area contributed by atoms with E-state index in [1.165, 1.54) is 11.0 Å². The molecule has 1 unspecified atom stereocenters. The number of likely N-dealkylation sites (tertiary alicyclic amines) is 1. The number of carbonyl (C=O) groups is 1. The zero-order valence-electron chi connectivity index (χ0n) is 15.1. The lowest BCUT2D eigenvalue weighted by atomic mass is 9.87. The van der Waals surface area contributed by atoms with Gasteiger partial charge in [-0.15, -0.1) is 0 Å². The van der Waals surface area contributed by atoms with Gasteiger partial charge in [0.15, 0.2) is 9.84 Å². The fraction of sp³-hybridized carbons (Fsp3) is 0.500. The minimum absolute atomic E-state index is 0.0297. The molecule has 0 radical (unpaired) electrons. The molecule has 0 bridgehead atoms. The van der Waals surface area contributed by atoms with Gasteiger partial charge in [-0.1, -0.05) is 36.4 Å². The molecular formula is C18H23F3N2O3S. The quantitative estimate of drug-likeness (QED) is 0.833. The molecule has 1 aliphatic heterocycles. The molecule has 1 aliphatic rings. The Morgan fingerprint density at radius 2 is 1.93 bits per heavy atom. The molecule has 27 heavy (non-hydrogen) atoms. The van der Waals surface area contributed by atoms with Crippen molar-refractivity contribution in [1.82, 2.24) is 10.2 Å². The van der Waals surface area contributed by atoms with Crippen LogP contribution in [0.3, 0.4) is 0 Å². The molecule has 150 valence electrons. The van der Waals surface area contributed by atoms with Crippen molar-refractivity contribution in [3.05, 3.63) is 47.4 Å². The monoisotopic (exact) mass is 404 g/mol. The van der Waals surface area contributed by atoms with Crippen molar-refractivity contribution in [3.8, 4) is 0 Å². The summed E-state index contributed by atoms with van der Waals surface area (Å²) in [5.74, 6) is -1.46. The Bertz CT molecular complexity index is 779. The maximum Gasteiger partial charge on any atom is 0.391 e. The first-order chi connectivity index (χ1) is 12.5. The van der Waals surface area contributed by atoms with Gasteiger partial charge in [0.1, 0.15) is 0 Å². The zero-order chi connectivity index (χ0) is 20.2. The van der Waals surface area contributed by atoms with Crippen LogP contribution in [0.25, 0.3) is 0 Å². The Balaban J connectivity index is 2.17. The van der Waals surface area contributed by atoms with Crippen LogP contribution >= 0.6 is 0 Å². The lowest BCUT2D eigenvalue weighted by Gasteiger charge is -2.40. The second kappa shape index (κ2) is 8.33. The van der Waals surface area contributed by atoms with Crippen molar-refractivity contribution in [3.63, 3.8) is 0 Å². The predicted octanol–water partition coefficient (Wildman–Crippen LogP) is 3.66. The van der Waals surface area contributed by atoms with Crippen molar-refractivity contribution in [2.24, 2.45) is 5.92 Å². The summed E-state index contributed by atoms with van der Waals surface area (Å²) in [6.45, 7) is 1.57. The summed E-state index contributed by atoms with van der Waals surface area (Å²) in [4.78, 5) is 14.0. The van der Waals surface area contributed by atoms with Crippen LogP contribution < -0.4 is 5.32 Å². The number of rotatable bonds is 4. The summed E-state index contributed by atoms with van der Waals surface area (Å²) in [6, 6.07) is 6.82. The van der Waals surface area contributed by atoms with E-state index in [1.54, 1.807) is 37.3 Å². The molecule has 0 aliphatic carbocycles. The SMILES string of the molecule is CC(/C=C/S(C)(=O)=O)NC(=O)N1CC[C@H](C(F)(F)F)C[C@@H]1c1ccccc1. The van der Waals surface area contributed by atoms with Gasteiger partial charge in [0, 0.05) is 24.3 Å². The highest BCUT2D eigenvalue weighted by molar-refractivity contribution is 7.93. The summed E-state index contributed by atoms with van der Waals surface area (Å²) in [5.41, 5.74) is 0.640. The number of hydrogen-bond acceptors (Lipinski definition) is 3. The summed E-state index contributed by atoms with van der Waals surface area (Å²) in [5, 5.41) is 3.62. The standard InChI is InChI=1S/C18H23F3N2O3S/c1-13(9-11-27(2,25)26)22-17(24)23-10-8-15(18(19,20)21)12-16(23)14-6-4-3-5-7-14/h3-7,9,11,13,15-16H,8,10,12H2,1-2H3,(H,22,24)/b11-9+/t13?,15-,16+/m0/s1. The number of benzene rings is 1. The highest BCUT2D eigenvalue weighted by atomic mass is 32.2. The highest BCUT2D eigenvalue weighted by Gasteiger charge is 2.45. The lowest BCUT2D eigenvalue weighted by Crippen LogP contribution is -2.49. The van der Waals surface area contributed by atoms with Crippen molar-refractivity contribution in [1.29, 1.82) is 0 Å². The molecule has 1 aromatic carbocycles. The molecule has 0 saturated carbocycles. The topological polar surface area (TPSA) is 66.5 Å². The van der Waals surface area contributed by atoms with E-state index in [-0.39, 0.29) is 19.4 Å². The van der Waals surface area contributed by atoms with Gasteiger partial charge < -0.3 is 10.2 Å². The van der Waals surface area contributed by atoms with Crippen LogP contribution in [0.1, 0.15) is 31.4 Å². The normalized spacial score (nSPS) is 22.6. The number of amides is 2. The van der Waals surface area contributed by atoms with Gasteiger partial charge in [-0.3, -0.25) is 0 Å². The summed E-state index contributed by atoms with van der Waals surface area (Å²) in [6.07, 6.45) is -2.30. The van der Waals surface area contributed by atoms with Gasteiger partial charge in [0.05, 0.1) is 12.0 Å². The molecule has 1 saturated heterocycles. The van der Waals surface area contributed by atoms with Crippen LogP contribution in [0.15, 0.2) is 41.8 Å². The van der Waals surface area contributed by atoms with E-state index in [0.717, 1.165) is 11.7 Å². The Morgan fingerprint density at radius 1 is 1.30 bits per heavy atom. The van der Waals surface area contributed by atoms with Crippen molar-refractivity contribution in [2.45, 2.75) is 38.0 Å². The first-order valence-corrected chi connectivity index (χ1v) is 10.5. The number of sulfone groups is 1. The Kier molecular flexibility index (Phi) is 6.56.